The molecule has 2 aromatic rings. The molecule has 0 radical (unpaired) electrons. The lowest BCUT2D eigenvalue weighted by atomic mass is 10.1. The van der Waals surface area contributed by atoms with Crippen molar-refractivity contribution in [3.63, 3.8) is 0 Å². The molecule has 112 valence electrons. The summed E-state index contributed by atoms with van der Waals surface area (Å²) in [5.41, 5.74) is 0.919. The van der Waals surface area contributed by atoms with Gasteiger partial charge in [0.15, 0.2) is 0 Å². The highest BCUT2D eigenvalue weighted by Crippen LogP contribution is 2.22. The average Bonchev–Trinajstić information content (AvgIpc) is 2.98. The van der Waals surface area contributed by atoms with E-state index in [4.69, 9.17) is 23.2 Å². The quantitative estimate of drug-likeness (QED) is 0.845. The van der Waals surface area contributed by atoms with Crippen LogP contribution < -0.4 is 5.32 Å². The fourth-order valence-corrected chi connectivity index (χ4v) is 2.57. The Hall–Kier alpha value is -1.52. The molecule has 4 nitrogen and oxygen atoms in total. The first kappa shape index (κ1) is 15.9. The van der Waals surface area contributed by atoms with Crippen LogP contribution in [0.2, 0.25) is 10.0 Å². The van der Waals surface area contributed by atoms with Crippen LogP contribution in [-0.4, -0.2) is 15.9 Å². The maximum absolute atomic E-state index is 12.0. The largest absolute Gasteiger partial charge is 0.347 e. The van der Waals surface area contributed by atoms with E-state index in [2.05, 4.69) is 15.3 Å². The van der Waals surface area contributed by atoms with Gasteiger partial charge in [0.05, 0.1) is 6.04 Å². The number of nitrogens with one attached hydrogen (secondary N) is 2. The number of carbonyl (C=O) groups excluding carboxylic acids is 1. The zero-order valence-corrected chi connectivity index (χ0v) is 13.2. The second-order valence-electron chi connectivity index (χ2n) is 4.74. The van der Waals surface area contributed by atoms with Gasteiger partial charge in [0, 0.05) is 28.9 Å². The molecule has 0 aliphatic carbocycles. The molecule has 2 rings (SSSR count). The van der Waals surface area contributed by atoms with Crippen molar-refractivity contribution < 1.29 is 4.79 Å². The monoisotopic (exact) mass is 325 g/mol. The lowest BCUT2D eigenvalue weighted by molar-refractivity contribution is -0.121. The van der Waals surface area contributed by atoms with E-state index in [1.807, 2.05) is 13.0 Å². The van der Waals surface area contributed by atoms with Crippen molar-refractivity contribution in [1.82, 2.24) is 15.3 Å². The third kappa shape index (κ3) is 4.48. The first-order valence-corrected chi connectivity index (χ1v) is 7.58. The second-order valence-corrected chi connectivity index (χ2v) is 5.58. The van der Waals surface area contributed by atoms with Crippen LogP contribution >= 0.6 is 23.2 Å². The molecule has 0 aliphatic rings. The van der Waals surface area contributed by atoms with Crippen LogP contribution in [0, 0.1) is 0 Å². The van der Waals surface area contributed by atoms with Crippen molar-refractivity contribution in [1.29, 1.82) is 0 Å². The Bertz CT molecular complexity index is 599. The minimum atomic E-state index is -0.0896. The number of benzene rings is 1. The van der Waals surface area contributed by atoms with E-state index in [0.717, 1.165) is 17.8 Å². The summed E-state index contributed by atoms with van der Waals surface area (Å²) in [7, 11) is 0. The van der Waals surface area contributed by atoms with Gasteiger partial charge in [-0.3, -0.25) is 4.79 Å². The van der Waals surface area contributed by atoms with Crippen molar-refractivity contribution in [3.8, 4) is 0 Å². The lowest BCUT2D eigenvalue weighted by Crippen LogP contribution is -2.29. The van der Waals surface area contributed by atoms with Crippen LogP contribution in [0.15, 0.2) is 30.6 Å². The first-order chi connectivity index (χ1) is 10.1. The number of hydrogen-bond acceptors (Lipinski definition) is 2. The fourth-order valence-electron chi connectivity index (χ4n) is 2.07. The van der Waals surface area contributed by atoms with E-state index in [1.165, 1.54) is 0 Å². The molecule has 21 heavy (non-hydrogen) atoms. The Labute approximate surface area is 133 Å². The molecular formula is C15H17Cl2N3O. The third-order valence-corrected chi connectivity index (χ3v) is 3.82. The highest BCUT2D eigenvalue weighted by Gasteiger charge is 2.14. The Morgan fingerprint density at radius 1 is 1.43 bits per heavy atom. The van der Waals surface area contributed by atoms with Gasteiger partial charge in [-0.15, -0.1) is 0 Å². The summed E-state index contributed by atoms with van der Waals surface area (Å²) < 4.78 is 0. The molecule has 0 spiro atoms. The second kappa shape index (κ2) is 7.48. The van der Waals surface area contributed by atoms with Crippen LogP contribution in [0.1, 0.15) is 37.2 Å². The fraction of sp³-hybridized carbons (Fsp3) is 0.333. The molecule has 0 fully saturated rings. The summed E-state index contributed by atoms with van der Waals surface area (Å²) in [6.07, 6.45) is 5.16. The summed E-state index contributed by atoms with van der Waals surface area (Å²) in [4.78, 5) is 19.2. The normalized spacial score (nSPS) is 12.1. The summed E-state index contributed by atoms with van der Waals surface area (Å²) >= 11 is 11.9. The molecule has 1 heterocycles. The Balaban J connectivity index is 1.89. The van der Waals surface area contributed by atoms with Crippen LogP contribution in [0.25, 0.3) is 0 Å². The summed E-state index contributed by atoms with van der Waals surface area (Å²) in [5, 5.41) is 4.15. The zero-order valence-electron chi connectivity index (χ0n) is 11.7. The van der Waals surface area contributed by atoms with Gasteiger partial charge in [0.2, 0.25) is 5.91 Å². The molecular weight excluding hydrogens is 309 g/mol. The number of aryl methyl sites for hydroxylation is 1. The molecule has 0 bridgehead atoms. The molecule has 0 saturated carbocycles. The van der Waals surface area contributed by atoms with Crippen molar-refractivity contribution in [3.05, 3.63) is 52.0 Å². The lowest BCUT2D eigenvalue weighted by Gasteiger charge is -2.14. The number of H-pyrrole nitrogens is 1. The van der Waals surface area contributed by atoms with Crippen molar-refractivity contribution in [2.75, 3.05) is 0 Å². The van der Waals surface area contributed by atoms with Gasteiger partial charge in [-0.2, -0.15) is 0 Å². The number of amides is 1. The topological polar surface area (TPSA) is 57.8 Å². The van der Waals surface area contributed by atoms with Crippen LogP contribution in [0.4, 0.5) is 0 Å². The number of aromatic amines is 1. The molecule has 1 atom stereocenters. The Morgan fingerprint density at radius 3 is 2.86 bits per heavy atom. The van der Waals surface area contributed by atoms with Crippen molar-refractivity contribution in [2.45, 2.75) is 32.2 Å². The predicted molar refractivity (Wildman–Crippen MR) is 84.5 cm³/mol. The van der Waals surface area contributed by atoms with E-state index in [9.17, 15) is 4.79 Å². The van der Waals surface area contributed by atoms with Crippen LogP contribution in [0.5, 0.6) is 0 Å². The molecule has 0 saturated heterocycles. The number of nitrogens with zero attached hydrogens (tertiary/aromatic N) is 1. The Kier molecular flexibility index (Phi) is 5.65. The van der Waals surface area contributed by atoms with E-state index < -0.39 is 0 Å². The van der Waals surface area contributed by atoms with Gasteiger partial charge >= 0.3 is 0 Å². The maximum atomic E-state index is 12.0. The van der Waals surface area contributed by atoms with Gasteiger partial charge in [0.1, 0.15) is 5.82 Å². The van der Waals surface area contributed by atoms with Gasteiger partial charge in [-0.05, 0) is 30.5 Å². The molecule has 6 heteroatoms. The summed E-state index contributed by atoms with van der Waals surface area (Å²) in [6.45, 7) is 2.00. The van der Waals surface area contributed by atoms with Crippen molar-refractivity contribution >= 4 is 29.1 Å². The number of halogens is 2. The number of aromatic nitrogens is 2. The van der Waals surface area contributed by atoms with E-state index >= 15 is 0 Å². The minimum Gasteiger partial charge on any atom is -0.347 e. The molecule has 1 aromatic heterocycles. The summed E-state index contributed by atoms with van der Waals surface area (Å²) in [5.74, 6) is 0.750. The van der Waals surface area contributed by atoms with Gasteiger partial charge < -0.3 is 10.3 Å². The van der Waals surface area contributed by atoms with Gasteiger partial charge in [-0.25, -0.2) is 4.98 Å². The van der Waals surface area contributed by atoms with E-state index in [0.29, 0.717) is 22.9 Å². The standard InChI is InChI=1S/C15H17Cl2N3O/c1-2-13(15-18-7-8-19-15)20-14(21)6-4-10-3-5-11(16)9-12(10)17/h3,5,7-9,13H,2,4,6H2,1H3,(H,18,19)(H,20,21). The maximum Gasteiger partial charge on any atom is 0.220 e. The molecule has 1 aromatic carbocycles. The van der Waals surface area contributed by atoms with Crippen LogP contribution in [0.3, 0.4) is 0 Å². The first-order valence-electron chi connectivity index (χ1n) is 6.82. The minimum absolute atomic E-state index is 0.0238. The van der Waals surface area contributed by atoms with E-state index in [-0.39, 0.29) is 11.9 Å². The molecule has 2 N–H and O–H groups in total. The number of rotatable bonds is 6. The van der Waals surface area contributed by atoms with Gasteiger partial charge in [-0.1, -0.05) is 36.2 Å². The smallest absolute Gasteiger partial charge is 0.220 e. The molecule has 1 amide bonds. The highest BCUT2D eigenvalue weighted by atomic mass is 35.5. The predicted octanol–water partition coefficient (Wildman–Crippen LogP) is 3.92. The number of imidazole rings is 1. The SMILES string of the molecule is CCC(NC(=O)CCc1ccc(Cl)cc1Cl)c1ncc[nH]1. The van der Waals surface area contributed by atoms with Gasteiger partial charge in [0.25, 0.3) is 0 Å². The van der Waals surface area contributed by atoms with Crippen LogP contribution in [-0.2, 0) is 11.2 Å². The molecule has 1 unspecified atom stereocenters. The Morgan fingerprint density at radius 2 is 2.24 bits per heavy atom. The number of carbonyl (C=O) groups is 1. The highest BCUT2D eigenvalue weighted by molar-refractivity contribution is 6.35. The molecule has 0 aliphatic heterocycles. The van der Waals surface area contributed by atoms with Crippen molar-refractivity contribution in [2.24, 2.45) is 0 Å². The zero-order chi connectivity index (χ0) is 15.2. The average molecular weight is 326 g/mol. The van der Waals surface area contributed by atoms with E-state index in [1.54, 1.807) is 24.5 Å². The summed E-state index contributed by atoms with van der Waals surface area (Å²) in [6, 6.07) is 5.22. The third-order valence-electron chi connectivity index (χ3n) is 3.23. The number of hydrogen-bond donors (Lipinski definition) is 2.